The minimum Gasteiger partial charge on any atom is -0.377 e. The van der Waals surface area contributed by atoms with Crippen LogP contribution in [0.4, 0.5) is 0 Å². The van der Waals surface area contributed by atoms with Gasteiger partial charge in [-0.2, -0.15) is 0 Å². The third-order valence-corrected chi connectivity index (χ3v) is 3.42. The summed E-state index contributed by atoms with van der Waals surface area (Å²) in [5.74, 6) is 0. The smallest absolute Gasteiger partial charge is 0.0717 e. The highest BCUT2D eigenvalue weighted by Gasteiger charge is 2.11. The van der Waals surface area contributed by atoms with E-state index in [4.69, 9.17) is 16.3 Å². The number of hydrogen-bond acceptors (Lipinski definition) is 2. The molecule has 94 valence electrons. The summed E-state index contributed by atoms with van der Waals surface area (Å²) in [6, 6.07) is 8.51. The predicted octanol–water partition coefficient (Wildman–Crippen LogP) is 3.39. The number of hydrogen-bond donors (Lipinski definition) is 1. The van der Waals surface area contributed by atoms with Gasteiger partial charge in [-0.05, 0) is 43.5 Å². The zero-order valence-electron chi connectivity index (χ0n) is 10.1. The van der Waals surface area contributed by atoms with Crippen LogP contribution in [0.25, 0.3) is 0 Å². The molecule has 1 aliphatic heterocycles. The average Bonchev–Trinajstić information content (AvgIpc) is 2.36. The Hall–Kier alpha value is -0.570. The largest absolute Gasteiger partial charge is 0.377 e. The number of benzene rings is 1. The van der Waals surface area contributed by atoms with Gasteiger partial charge in [-0.15, -0.1) is 0 Å². The van der Waals surface area contributed by atoms with Gasteiger partial charge < -0.3 is 10.1 Å². The molecule has 0 aliphatic carbocycles. The van der Waals surface area contributed by atoms with E-state index in [1.54, 1.807) is 0 Å². The Bertz CT molecular complexity index is 337. The maximum Gasteiger partial charge on any atom is 0.0717 e. The van der Waals surface area contributed by atoms with Gasteiger partial charge in [0.05, 0.1) is 6.61 Å². The van der Waals surface area contributed by atoms with Gasteiger partial charge >= 0.3 is 0 Å². The highest BCUT2D eigenvalue weighted by molar-refractivity contribution is 6.30. The summed E-state index contributed by atoms with van der Waals surface area (Å²) in [6.45, 7) is 2.65. The van der Waals surface area contributed by atoms with Crippen LogP contribution >= 0.6 is 11.6 Å². The highest BCUT2D eigenvalue weighted by atomic mass is 35.5. The SMILES string of the molecule is Clc1cccc(COCC[C@H]2CCCCN2)c1. The van der Waals surface area contributed by atoms with E-state index in [0.29, 0.717) is 12.6 Å². The first-order valence-electron chi connectivity index (χ1n) is 6.40. The Balaban J connectivity index is 1.62. The summed E-state index contributed by atoms with van der Waals surface area (Å²) >= 11 is 5.91. The first kappa shape index (κ1) is 12.9. The molecule has 0 spiro atoms. The molecule has 1 fully saturated rings. The molecule has 0 aromatic heterocycles. The number of piperidine rings is 1. The second-order valence-electron chi connectivity index (χ2n) is 4.62. The lowest BCUT2D eigenvalue weighted by Gasteiger charge is -2.23. The lowest BCUT2D eigenvalue weighted by atomic mass is 10.0. The van der Waals surface area contributed by atoms with Crippen LogP contribution < -0.4 is 5.32 Å². The second kappa shape index (κ2) is 7.00. The fourth-order valence-corrected chi connectivity index (χ4v) is 2.43. The summed E-state index contributed by atoms with van der Waals surface area (Å²) < 4.78 is 5.68. The molecule has 2 nitrogen and oxygen atoms in total. The van der Waals surface area contributed by atoms with E-state index in [1.165, 1.54) is 25.8 Å². The summed E-state index contributed by atoms with van der Waals surface area (Å²) in [5.41, 5.74) is 1.15. The van der Waals surface area contributed by atoms with Gasteiger partial charge in [0.15, 0.2) is 0 Å². The van der Waals surface area contributed by atoms with Gasteiger partial charge in [-0.25, -0.2) is 0 Å². The molecule has 1 heterocycles. The summed E-state index contributed by atoms with van der Waals surface area (Å²) in [4.78, 5) is 0. The molecule has 0 amide bonds. The quantitative estimate of drug-likeness (QED) is 0.813. The molecule has 1 N–H and O–H groups in total. The Kier molecular flexibility index (Phi) is 5.30. The van der Waals surface area contributed by atoms with Gasteiger partial charge in [0.1, 0.15) is 0 Å². The zero-order chi connectivity index (χ0) is 11.9. The molecule has 0 bridgehead atoms. The minimum absolute atomic E-state index is 0.656. The van der Waals surface area contributed by atoms with Crippen LogP contribution in [0.5, 0.6) is 0 Å². The van der Waals surface area contributed by atoms with E-state index in [9.17, 15) is 0 Å². The maximum atomic E-state index is 5.91. The Morgan fingerprint density at radius 2 is 2.29 bits per heavy atom. The molecular formula is C14H20ClNO. The summed E-state index contributed by atoms with van der Waals surface area (Å²) in [6.07, 6.45) is 5.08. The Morgan fingerprint density at radius 3 is 3.06 bits per heavy atom. The van der Waals surface area contributed by atoms with E-state index in [1.807, 2.05) is 24.3 Å². The Morgan fingerprint density at radius 1 is 1.35 bits per heavy atom. The van der Waals surface area contributed by atoms with E-state index in [2.05, 4.69) is 5.32 Å². The maximum absolute atomic E-state index is 5.91. The third-order valence-electron chi connectivity index (χ3n) is 3.18. The van der Waals surface area contributed by atoms with Gasteiger partial charge in [-0.3, -0.25) is 0 Å². The van der Waals surface area contributed by atoms with Crippen LogP contribution in [0.3, 0.4) is 0 Å². The van der Waals surface area contributed by atoms with Crippen molar-refractivity contribution in [2.45, 2.75) is 38.3 Å². The first-order chi connectivity index (χ1) is 8.34. The van der Waals surface area contributed by atoms with Crippen molar-refractivity contribution >= 4 is 11.6 Å². The van der Waals surface area contributed by atoms with Crippen LogP contribution in [0.15, 0.2) is 24.3 Å². The molecular weight excluding hydrogens is 234 g/mol. The third kappa shape index (κ3) is 4.66. The number of halogens is 1. The van der Waals surface area contributed by atoms with Crippen molar-refractivity contribution in [3.8, 4) is 0 Å². The van der Waals surface area contributed by atoms with Crippen LogP contribution in [0.2, 0.25) is 5.02 Å². The van der Waals surface area contributed by atoms with Crippen molar-refractivity contribution in [1.29, 1.82) is 0 Å². The lowest BCUT2D eigenvalue weighted by molar-refractivity contribution is 0.108. The van der Waals surface area contributed by atoms with Crippen molar-refractivity contribution < 1.29 is 4.74 Å². The van der Waals surface area contributed by atoms with Gasteiger partial charge in [0, 0.05) is 17.7 Å². The first-order valence-corrected chi connectivity index (χ1v) is 6.78. The van der Waals surface area contributed by atoms with Gasteiger partial charge in [-0.1, -0.05) is 30.2 Å². The van der Waals surface area contributed by atoms with E-state index < -0.39 is 0 Å². The molecule has 0 radical (unpaired) electrons. The number of rotatable bonds is 5. The van der Waals surface area contributed by atoms with E-state index >= 15 is 0 Å². The second-order valence-corrected chi connectivity index (χ2v) is 5.05. The van der Waals surface area contributed by atoms with Crippen LogP contribution in [0, 0.1) is 0 Å². The Labute approximate surface area is 108 Å². The monoisotopic (exact) mass is 253 g/mol. The molecule has 0 unspecified atom stereocenters. The number of ether oxygens (including phenoxy) is 1. The van der Waals surface area contributed by atoms with Crippen molar-refractivity contribution in [3.05, 3.63) is 34.9 Å². The molecule has 0 saturated carbocycles. The zero-order valence-corrected chi connectivity index (χ0v) is 10.9. The fourth-order valence-electron chi connectivity index (χ4n) is 2.21. The summed E-state index contributed by atoms with van der Waals surface area (Å²) in [7, 11) is 0. The molecule has 1 saturated heterocycles. The van der Waals surface area contributed by atoms with Crippen LogP contribution in [-0.2, 0) is 11.3 Å². The molecule has 1 atom stereocenters. The van der Waals surface area contributed by atoms with E-state index in [0.717, 1.165) is 23.6 Å². The van der Waals surface area contributed by atoms with Crippen LogP contribution in [0.1, 0.15) is 31.2 Å². The normalized spacial score (nSPS) is 20.4. The van der Waals surface area contributed by atoms with Gasteiger partial charge in [0.25, 0.3) is 0 Å². The average molecular weight is 254 g/mol. The molecule has 3 heteroatoms. The highest BCUT2D eigenvalue weighted by Crippen LogP contribution is 2.13. The van der Waals surface area contributed by atoms with Crippen molar-refractivity contribution in [3.63, 3.8) is 0 Å². The lowest BCUT2D eigenvalue weighted by Crippen LogP contribution is -2.34. The van der Waals surface area contributed by atoms with Crippen molar-refractivity contribution in [1.82, 2.24) is 5.32 Å². The summed E-state index contributed by atoms with van der Waals surface area (Å²) in [5, 5.41) is 4.30. The van der Waals surface area contributed by atoms with Crippen LogP contribution in [-0.4, -0.2) is 19.2 Å². The number of nitrogens with one attached hydrogen (secondary N) is 1. The molecule has 1 aromatic carbocycles. The van der Waals surface area contributed by atoms with E-state index in [-0.39, 0.29) is 0 Å². The topological polar surface area (TPSA) is 21.3 Å². The minimum atomic E-state index is 0.656. The molecule has 2 rings (SSSR count). The molecule has 17 heavy (non-hydrogen) atoms. The fraction of sp³-hybridized carbons (Fsp3) is 0.571. The van der Waals surface area contributed by atoms with Crippen molar-refractivity contribution in [2.75, 3.05) is 13.2 Å². The predicted molar refractivity (Wildman–Crippen MR) is 71.4 cm³/mol. The molecule has 1 aliphatic rings. The molecule has 1 aromatic rings. The van der Waals surface area contributed by atoms with Gasteiger partial charge in [0.2, 0.25) is 0 Å². The van der Waals surface area contributed by atoms with Crippen molar-refractivity contribution in [2.24, 2.45) is 0 Å². The standard InChI is InChI=1S/C14H20ClNO/c15-13-5-3-4-12(10-13)11-17-9-7-14-6-1-2-8-16-14/h3-5,10,14,16H,1-2,6-9,11H2/t14-/m1/s1.